The Labute approximate surface area is 124 Å². The van der Waals surface area contributed by atoms with Gasteiger partial charge in [0.25, 0.3) is 5.91 Å². The highest BCUT2D eigenvalue weighted by atomic mass is 32.2. The quantitative estimate of drug-likeness (QED) is 0.836. The van der Waals surface area contributed by atoms with Gasteiger partial charge < -0.3 is 5.32 Å². The summed E-state index contributed by atoms with van der Waals surface area (Å²) in [6.45, 7) is 0.870. The zero-order valence-electron chi connectivity index (χ0n) is 12.2. The maximum atomic E-state index is 12.2. The van der Waals surface area contributed by atoms with E-state index in [-0.39, 0.29) is 17.9 Å². The molecule has 1 saturated heterocycles. The Bertz CT molecular complexity index is 650. The largest absolute Gasteiger partial charge is 0.346 e. The molecule has 2 fully saturated rings. The van der Waals surface area contributed by atoms with Gasteiger partial charge in [-0.15, -0.1) is 0 Å². The number of carbonyl (C=O) groups excluding carboxylic acids is 1. The number of aromatic nitrogens is 2. The van der Waals surface area contributed by atoms with Crippen molar-refractivity contribution in [3.05, 3.63) is 18.0 Å². The van der Waals surface area contributed by atoms with E-state index in [0.717, 1.165) is 12.8 Å². The molecule has 8 heteroatoms. The molecule has 2 aliphatic rings. The number of nitrogens with zero attached hydrogens (tertiary/aromatic N) is 3. The molecule has 1 aromatic rings. The van der Waals surface area contributed by atoms with E-state index in [1.54, 1.807) is 24.0 Å². The fourth-order valence-corrected chi connectivity index (χ4v) is 3.87. The molecular formula is C13H20N4O3S. The third-order valence-corrected chi connectivity index (χ3v) is 5.53. The van der Waals surface area contributed by atoms with Gasteiger partial charge in [-0.3, -0.25) is 9.48 Å². The van der Waals surface area contributed by atoms with Gasteiger partial charge in [0.05, 0.1) is 6.26 Å². The van der Waals surface area contributed by atoms with Crippen molar-refractivity contribution in [2.24, 2.45) is 18.9 Å². The van der Waals surface area contributed by atoms with Crippen molar-refractivity contribution in [3.8, 4) is 0 Å². The van der Waals surface area contributed by atoms with Crippen molar-refractivity contribution >= 4 is 15.9 Å². The lowest BCUT2D eigenvalue weighted by Gasteiger charge is -2.18. The summed E-state index contributed by atoms with van der Waals surface area (Å²) < 4.78 is 26.5. The van der Waals surface area contributed by atoms with Crippen LogP contribution in [0.2, 0.25) is 0 Å². The van der Waals surface area contributed by atoms with Gasteiger partial charge in [0.1, 0.15) is 5.69 Å². The lowest BCUT2D eigenvalue weighted by molar-refractivity contribution is 0.0922. The molecule has 2 unspecified atom stereocenters. The van der Waals surface area contributed by atoms with Crippen LogP contribution in [0.4, 0.5) is 0 Å². The molecule has 1 amide bonds. The standard InChI is InChI=1S/C13H20N4O3S/c1-16-6-5-11(15-16)13(18)14-12-8-17(21(2,19)20)7-10(12)9-3-4-9/h5-6,9-10,12H,3-4,7-8H2,1-2H3,(H,14,18). The average molecular weight is 312 g/mol. The molecule has 1 aliphatic carbocycles. The van der Waals surface area contributed by atoms with Crippen molar-refractivity contribution < 1.29 is 13.2 Å². The zero-order valence-corrected chi connectivity index (χ0v) is 13.0. The number of hydrogen-bond acceptors (Lipinski definition) is 4. The maximum Gasteiger partial charge on any atom is 0.272 e. The lowest BCUT2D eigenvalue weighted by atomic mass is 9.98. The maximum absolute atomic E-state index is 12.2. The van der Waals surface area contributed by atoms with Crippen molar-refractivity contribution in [2.75, 3.05) is 19.3 Å². The first-order chi connectivity index (χ1) is 9.84. The Morgan fingerprint density at radius 1 is 1.38 bits per heavy atom. The highest BCUT2D eigenvalue weighted by Crippen LogP contribution is 2.41. The van der Waals surface area contributed by atoms with Crippen LogP contribution in [-0.4, -0.2) is 53.8 Å². The Morgan fingerprint density at radius 2 is 2.10 bits per heavy atom. The molecule has 0 spiro atoms. The molecule has 0 radical (unpaired) electrons. The van der Waals surface area contributed by atoms with Gasteiger partial charge in [-0.25, -0.2) is 8.42 Å². The molecule has 3 rings (SSSR count). The van der Waals surface area contributed by atoms with Crippen LogP contribution in [0.5, 0.6) is 0 Å². The van der Waals surface area contributed by atoms with E-state index >= 15 is 0 Å². The van der Waals surface area contributed by atoms with Crippen molar-refractivity contribution in [2.45, 2.75) is 18.9 Å². The van der Waals surface area contributed by atoms with E-state index < -0.39 is 10.0 Å². The van der Waals surface area contributed by atoms with Gasteiger partial charge in [-0.05, 0) is 30.7 Å². The van der Waals surface area contributed by atoms with Gasteiger partial charge in [-0.2, -0.15) is 9.40 Å². The second kappa shape index (κ2) is 5.10. The predicted molar refractivity (Wildman–Crippen MR) is 77.1 cm³/mol. The Balaban J connectivity index is 1.72. The summed E-state index contributed by atoms with van der Waals surface area (Å²) in [5, 5.41) is 7.04. The molecule has 21 heavy (non-hydrogen) atoms. The number of sulfonamides is 1. The van der Waals surface area contributed by atoms with Crippen molar-refractivity contribution in [1.29, 1.82) is 0 Å². The number of nitrogens with one attached hydrogen (secondary N) is 1. The lowest BCUT2D eigenvalue weighted by Crippen LogP contribution is -2.41. The highest BCUT2D eigenvalue weighted by Gasteiger charge is 2.45. The fourth-order valence-electron chi connectivity index (χ4n) is 3.00. The van der Waals surface area contributed by atoms with E-state index in [9.17, 15) is 13.2 Å². The van der Waals surface area contributed by atoms with Crippen molar-refractivity contribution in [1.82, 2.24) is 19.4 Å². The second-order valence-electron chi connectivity index (χ2n) is 6.04. The van der Waals surface area contributed by atoms with Crippen LogP contribution in [0.15, 0.2) is 12.3 Å². The SMILES string of the molecule is Cn1ccc(C(=O)NC2CN(S(C)(=O)=O)CC2C2CC2)n1. The minimum absolute atomic E-state index is 0.123. The molecule has 116 valence electrons. The molecule has 1 N–H and O–H groups in total. The Morgan fingerprint density at radius 3 is 2.62 bits per heavy atom. The highest BCUT2D eigenvalue weighted by molar-refractivity contribution is 7.88. The fraction of sp³-hybridized carbons (Fsp3) is 0.692. The summed E-state index contributed by atoms with van der Waals surface area (Å²) in [6, 6.07) is 1.53. The number of aryl methyl sites for hydroxylation is 1. The third kappa shape index (κ3) is 3.11. The van der Waals surface area contributed by atoms with Crippen LogP contribution in [0, 0.1) is 11.8 Å². The van der Waals surface area contributed by atoms with Crippen LogP contribution in [-0.2, 0) is 17.1 Å². The van der Waals surface area contributed by atoms with E-state index in [2.05, 4.69) is 10.4 Å². The number of carbonyl (C=O) groups is 1. The number of rotatable bonds is 4. The summed E-state index contributed by atoms with van der Waals surface area (Å²) in [6.07, 6.45) is 5.18. The summed E-state index contributed by atoms with van der Waals surface area (Å²) >= 11 is 0. The smallest absolute Gasteiger partial charge is 0.272 e. The molecular weight excluding hydrogens is 292 g/mol. The van der Waals surface area contributed by atoms with Gasteiger partial charge in [0, 0.05) is 32.4 Å². The Kier molecular flexibility index (Phi) is 3.53. The van der Waals surface area contributed by atoms with Crippen molar-refractivity contribution in [3.63, 3.8) is 0 Å². The van der Waals surface area contributed by atoms with Gasteiger partial charge in [-0.1, -0.05) is 0 Å². The molecule has 7 nitrogen and oxygen atoms in total. The van der Waals surface area contributed by atoms with Crippen LogP contribution < -0.4 is 5.32 Å². The first kappa shape index (κ1) is 14.5. The third-order valence-electron chi connectivity index (χ3n) is 4.29. The topological polar surface area (TPSA) is 84.3 Å². The van der Waals surface area contributed by atoms with E-state index in [1.165, 1.54) is 10.6 Å². The van der Waals surface area contributed by atoms with E-state index in [4.69, 9.17) is 0 Å². The predicted octanol–water partition coefficient (Wildman–Crippen LogP) is -0.180. The van der Waals surface area contributed by atoms with Crippen LogP contribution >= 0.6 is 0 Å². The molecule has 2 heterocycles. The number of hydrogen-bond donors (Lipinski definition) is 1. The minimum Gasteiger partial charge on any atom is -0.346 e. The summed E-state index contributed by atoms with van der Waals surface area (Å²) in [4.78, 5) is 12.2. The van der Waals surface area contributed by atoms with E-state index in [1.807, 2.05) is 0 Å². The first-order valence-corrected chi connectivity index (χ1v) is 8.95. The van der Waals surface area contributed by atoms with Gasteiger partial charge in [0.2, 0.25) is 10.0 Å². The summed E-state index contributed by atoms with van der Waals surface area (Å²) in [5.74, 6) is 0.514. The summed E-state index contributed by atoms with van der Waals surface area (Å²) in [5.41, 5.74) is 0.366. The monoisotopic (exact) mass is 312 g/mol. The normalized spacial score (nSPS) is 27.0. The Hall–Kier alpha value is -1.41. The molecule has 1 aliphatic heterocycles. The van der Waals surface area contributed by atoms with Gasteiger partial charge in [0.15, 0.2) is 0 Å². The summed E-state index contributed by atoms with van der Waals surface area (Å²) in [7, 11) is -1.45. The minimum atomic E-state index is -3.21. The van der Waals surface area contributed by atoms with Crippen LogP contribution in [0.3, 0.4) is 0 Å². The molecule has 1 aromatic heterocycles. The molecule has 2 atom stereocenters. The second-order valence-corrected chi connectivity index (χ2v) is 8.02. The molecule has 0 aromatic carbocycles. The van der Waals surface area contributed by atoms with Crippen LogP contribution in [0.25, 0.3) is 0 Å². The first-order valence-electron chi connectivity index (χ1n) is 7.10. The number of amides is 1. The van der Waals surface area contributed by atoms with Crippen LogP contribution in [0.1, 0.15) is 23.3 Å². The molecule has 1 saturated carbocycles. The average Bonchev–Trinajstić information content (AvgIpc) is 2.99. The zero-order chi connectivity index (χ0) is 15.2. The van der Waals surface area contributed by atoms with E-state index in [0.29, 0.717) is 24.7 Å². The molecule has 0 bridgehead atoms. The van der Waals surface area contributed by atoms with Gasteiger partial charge >= 0.3 is 0 Å².